The monoisotopic (exact) mass is 554 g/mol. The molecule has 0 spiro atoms. The maximum atomic E-state index is 12.9. The highest BCUT2D eigenvalue weighted by molar-refractivity contribution is 5.92. The summed E-state index contributed by atoms with van der Waals surface area (Å²) in [5.74, 6) is 0.999. The molecule has 0 saturated heterocycles. The van der Waals surface area contributed by atoms with E-state index in [0.717, 1.165) is 6.42 Å². The van der Waals surface area contributed by atoms with Gasteiger partial charge in [0.25, 0.3) is 0 Å². The van der Waals surface area contributed by atoms with Gasteiger partial charge in [0.2, 0.25) is 0 Å². The number of esters is 1. The molecule has 0 heterocycles. The molecule has 9 heteroatoms. The molecule has 0 fully saturated rings. The molecule has 4 rings (SSSR count). The van der Waals surface area contributed by atoms with Crippen LogP contribution in [0.2, 0.25) is 0 Å². The molecule has 0 saturated carbocycles. The van der Waals surface area contributed by atoms with Gasteiger partial charge in [-0.3, -0.25) is 4.79 Å². The topological polar surface area (TPSA) is 105 Å². The molecular formula is C32H30N2O7. The number of rotatable bonds is 13. The third-order valence-electron chi connectivity index (χ3n) is 5.53. The quantitative estimate of drug-likeness (QED) is 0.0750. The highest BCUT2D eigenvalue weighted by Gasteiger charge is 2.22. The van der Waals surface area contributed by atoms with Crippen molar-refractivity contribution in [1.82, 2.24) is 5.43 Å². The zero-order valence-corrected chi connectivity index (χ0v) is 22.7. The number of nitrogens with zero attached hydrogens (tertiary/aromatic N) is 1. The summed E-state index contributed by atoms with van der Waals surface area (Å²) >= 11 is 0. The lowest BCUT2D eigenvalue weighted by Gasteiger charge is -2.18. The van der Waals surface area contributed by atoms with Crippen LogP contribution in [0, 0.1) is 0 Å². The molecule has 0 radical (unpaired) electrons. The largest absolute Gasteiger partial charge is 0.494 e. The average Bonchev–Trinajstić information content (AvgIpc) is 3.01. The highest BCUT2D eigenvalue weighted by atomic mass is 16.7. The number of carbonyl (C=O) groups excluding carboxylic acids is 2. The molecule has 0 atom stereocenters. The Bertz CT molecular complexity index is 1400. The maximum Gasteiger partial charge on any atom is 0.343 e. The van der Waals surface area contributed by atoms with Crippen LogP contribution in [0.1, 0.15) is 29.3 Å². The van der Waals surface area contributed by atoms with Crippen molar-refractivity contribution in [2.24, 2.45) is 5.10 Å². The lowest BCUT2D eigenvalue weighted by atomic mass is 10.2. The minimum absolute atomic E-state index is 0.234. The van der Waals surface area contributed by atoms with Gasteiger partial charge in [0.15, 0.2) is 11.5 Å². The first kappa shape index (κ1) is 28.7. The Morgan fingerprint density at radius 1 is 0.805 bits per heavy atom. The smallest absolute Gasteiger partial charge is 0.343 e. The number of hydrogen-bond donors (Lipinski definition) is 1. The Balaban J connectivity index is 1.39. The Morgan fingerprint density at radius 2 is 1.44 bits per heavy atom. The van der Waals surface area contributed by atoms with Gasteiger partial charge < -0.3 is 23.7 Å². The van der Waals surface area contributed by atoms with Gasteiger partial charge in [-0.15, -0.1) is 0 Å². The summed E-state index contributed by atoms with van der Waals surface area (Å²) in [5, 5.41) is 4.03. The molecule has 41 heavy (non-hydrogen) atoms. The summed E-state index contributed by atoms with van der Waals surface area (Å²) in [7, 11) is 1.46. The molecule has 0 aromatic heterocycles. The van der Waals surface area contributed by atoms with Crippen molar-refractivity contribution in [1.29, 1.82) is 0 Å². The molecule has 1 N–H and O–H groups in total. The van der Waals surface area contributed by atoms with Crippen molar-refractivity contribution < 1.29 is 33.3 Å². The number of amides is 1. The Labute approximate surface area is 238 Å². The van der Waals surface area contributed by atoms with E-state index >= 15 is 0 Å². The van der Waals surface area contributed by atoms with E-state index in [1.54, 1.807) is 91.0 Å². The summed E-state index contributed by atoms with van der Waals surface area (Å²) in [4.78, 5) is 25.5. The predicted octanol–water partition coefficient (Wildman–Crippen LogP) is 5.64. The third-order valence-corrected chi connectivity index (χ3v) is 5.53. The summed E-state index contributed by atoms with van der Waals surface area (Å²) in [5.41, 5.74) is 3.40. The number of carbonyl (C=O) groups is 2. The fourth-order valence-corrected chi connectivity index (χ4v) is 3.51. The SMILES string of the molecule is CCCOc1ccc(C(=O)Oc2ccc(/C=N/NC(=O)C(Oc3ccccc3)Oc3ccccc3)cc2OC)cc1. The molecule has 0 aliphatic carbocycles. The number of ether oxygens (including phenoxy) is 5. The van der Waals surface area contributed by atoms with Gasteiger partial charge in [-0.2, -0.15) is 5.10 Å². The van der Waals surface area contributed by atoms with Crippen LogP contribution in [0.3, 0.4) is 0 Å². The van der Waals surface area contributed by atoms with Crippen LogP contribution < -0.4 is 29.1 Å². The Hall–Kier alpha value is -5.31. The minimum atomic E-state index is -1.29. The van der Waals surface area contributed by atoms with E-state index in [1.807, 2.05) is 19.1 Å². The van der Waals surface area contributed by atoms with Crippen LogP contribution in [0.4, 0.5) is 0 Å². The maximum absolute atomic E-state index is 12.9. The van der Waals surface area contributed by atoms with E-state index in [-0.39, 0.29) is 5.75 Å². The summed E-state index contributed by atoms with van der Waals surface area (Å²) in [6.07, 6.45) is 1.02. The molecular weight excluding hydrogens is 524 g/mol. The van der Waals surface area contributed by atoms with Gasteiger partial charge in [0, 0.05) is 0 Å². The van der Waals surface area contributed by atoms with E-state index in [4.69, 9.17) is 23.7 Å². The zero-order valence-electron chi connectivity index (χ0n) is 22.7. The number of methoxy groups -OCH3 is 1. The number of benzene rings is 4. The van der Waals surface area contributed by atoms with Crippen molar-refractivity contribution in [3.8, 4) is 28.7 Å². The van der Waals surface area contributed by atoms with Gasteiger partial charge >= 0.3 is 18.2 Å². The molecule has 4 aromatic carbocycles. The lowest BCUT2D eigenvalue weighted by molar-refractivity contribution is -0.140. The van der Waals surface area contributed by atoms with Gasteiger partial charge in [-0.25, -0.2) is 10.2 Å². The van der Waals surface area contributed by atoms with Gasteiger partial charge in [-0.05, 0) is 78.7 Å². The van der Waals surface area contributed by atoms with E-state index in [2.05, 4.69) is 10.5 Å². The predicted molar refractivity (Wildman–Crippen MR) is 154 cm³/mol. The van der Waals surface area contributed by atoms with Crippen LogP contribution in [0.15, 0.2) is 108 Å². The van der Waals surface area contributed by atoms with Gasteiger partial charge in [0.05, 0.1) is 25.5 Å². The van der Waals surface area contributed by atoms with Crippen molar-refractivity contribution in [3.63, 3.8) is 0 Å². The number of hydrogen-bond acceptors (Lipinski definition) is 8. The van der Waals surface area contributed by atoms with Crippen molar-refractivity contribution >= 4 is 18.1 Å². The second-order valence-electron chi connectivity index (χ2n) is 8.60. The molecule has 1 amide bonds. The van der Waals surface area contributed by atoms with Gasteiger partial charge in [0.1, 0.15) is 17.2 Å². The third kappa shape index (κ3) is 8.59. The van der Waals surface area contributed by atoms with Crippen LogP contribution in [0.5, 0.6) is 28.7 Å². The number of para-hydroxylation sites is 2. The zero-order chi connectivity index (χ0) is 28.9. The minimum Gasteiger partial charge on any atom is -0.494 e. The van der Waals surface area contributed by atoms with Crippen LogP contribution in [-0.2, 0) is 4.79 Å². The molecule has 0 aliphatic heterocycles. The molecule has 0 unspecified atom stereocenters. The normalized spacial score (nSPS) is 10.7. The Morgan fingerprint density at radius 3 is 2.02 bits per heavy atom. The van der Waals surface area contributed by atoms with Crippen LogP contribution in [-0.4, -0.2) is 38.1 Å². The number of nitrogens with one attached hydrogen (secondary N) is 1. The lowest BCUT2D eigenvalue weighted by Crippen LogP contribution is -2.40. The van der Waals surface area contributed by atoms with Gasteiger partial charge in [-0.1, -0.05) is 43.3 Å². The summed E-state index contributed by atoms with van der Waals surface area (Å²) in [6.45, 7) is 2.62. The van der Waals surface area contributed by atoms with Crippen LogP contribution in [0.25, 0.3) is 0 Å². The first-order chi connectivity index (χ1) is 20.1. The fraction of sp³-hybridized carbons (Fsp3) is 0.156. The van der Waals surface area contributed by atoms with Crippen LogP contribution >= 0.6 is 0 Å². The molecule has 9 nitrogen and oxygen atoms in total. The molecule has 0 aliphatic rings. The highest BCUT2D eigenvalue weighted by Crippen LogP contribution is 2.28. The number of hydrazone groups is 1. The average molecular weight is 555 g/mol. The molecule has 0 bridgehead atoms. The second-order valence-corrected chi connectivity index (χ2v) is 8.60. The molecule has 4 aromatic rings. The van der Waals surface area contributed by atoms with E-state index < -0.39 is 18.2 Å². The first-order valence-electron chi connectivity index (χ1n) is 12.9. The molecule has 210 valence electrons. The summed E-state index contributed by atoms with van der Waals surface area (Å²) < 4.78 is 28.0. The second kappa shape index (κ2) is 14.7. The standard InChI is InChI=1S/C32H30N2O7/c1-3-20-38-25-17-15-24(16-18-25)31(36)41-28-19-14-23(21-29(28)37-2)22-33-34-30(35)32(39-26-10-6-4-7-11-26)40-27-12-8-5-9-13-27/h4-19,21-22,32H,3,20H2,1-2H3,(H,34,35)/b33-22+. The fourth-order valence-electron chi connectivity index (χ4n) is 3.51. The van der Waals surface area contributed by atoms with E-state index in [1.165, 1.54) is 13.3 Å². The van der Waals surface area contributed by atoms with Crippen molar-refractivity contribution in [2.45, 2.75) is 19.6 Å². The first-order valence-corrected chi connectivity index (χ1v) is 12.9. The van der Waals surface area contributed by atoms with E-state index in [0.29, 0.717) is 40.7 Å². The Kier molecular flexibility index (Phi) is 10.3. The summed E-state index contributed by atoms with van der Waals surface area (Å²) in [6, 6.07) is 29.3. The van der Waals surface area contributed by atoms with Crippen molar-refractivity contribution in [2.75, 3.05) is 13.7 Å². The van der Waals surface area contributed by atoms with E-state index in [9.17, 15) is 9.59 Å². The van der Waals surface area contributed by atoms with Crippen molar-refractivity contribution in [3.05, 3.63) is 114 Å².